The monoisotopic (exact) mass is 242 g/mol. The van der Waals surface area contributed by atoms with Gasteiger partial charge in [-0.1, -0.05) is 12.1 Å². The summed E-state index contributed by atoms with van der Waals surface area (Å²) in [5, 5.41) is 0.153. The lowest BCUT2D eigenvalue weighted by Gasteiger charge is -2.17. The van der Waals surface area contributed by atoms with Gasteiger partial charge in [-0.15, -0.1) is 0 Å². The van der Waals surface area contributed by atoms with E-state index >= 15 is 0 Å². The molecule has 1 aromatic rings. The van der Waals surface area contributed by atoms with Gasteiger partial charge in [-0.2, -0.15) is 12.6 Å². The zero-order valence-electron chi connectivity index (χ0n) is 8.60. The second kappa shape index (κ2) is 3.83. The summed E-state index contributed by atoms with van der Waals surface area (Å²) < 4.78 is 23.5. The third-order valence-corrected chi connectivity index (χ3v) is 4.95. The third-order valence-electron chi connectivity index (χ3n) is 2.76. The number of rotatable bonds is 1. The molecule has 4 heteroatoms. The normalized spacial score (nSPS) is 20.7. The van der Waals surface area contributed by atoms with Crippen LogP contribution in [0.15, 0.2) is 23.1 Å². The largest absolute Gasteiger partial charge is 0.224 e. The van der Waals surface area contributed by atoms with Crippen molar-refractivity contribution in [3.8, 4) is 0 Å². The van der Waals surface area contributed by atoms with Crippen LogP contribution >= 0.6 is 12.6 Å². The second-order valence-electron chi connectivity index (χ2n) is 3.97. The van der Waals surface area contributed by atoms with Crippen molar-refractivity contribution >= 4 is 22.5 Å². The highest BCUT2D eigenvalue weighted by molar-refractivity contribution is 7.91. The van der Waals surface area contributed by atoms with E-state index in [1.165, 1.54) is 0 Å². The minimum absolute atomic E-state index is 0.153. The minimum atomic E-state index is -3.01. The smallest absolute Gasteiger partial charge is 0.178 e. The van der Waals surface area contributed by atoms with Crippen LogP contribution < -0.4 is 0 Å². The maximum Gasteiger partial charge on any atom is 0.178 e. The molecule has 1 heterocycles. The molecule has 1 aromatic carbocycles. The number of benzene rings is 1. The fraction of sp³-hybridized carbons (Fsp3) is 0.455. The molecular formula is C11H14O2S2. The van der Waals surface area contributed by atoms with E-state index in [2.05, 4.69) is 12.6 Å². The van der Waals surface area contributed by atoms with E-state index in [0.717, 1.165) is 24.0 Å². The first-order valence-corrected chi connectivity index (χ1v) is 7.21. The van der Waals surface area contributed by atoms with Gasteiger partial charge >= 0.3 is 0 Å². The van der Waals surface area contributed by atoms with Crippen molar-refractivity contribution in [3.05, 3.63) is 29.3 Å². The zero-order valence-corrected chi connectivity index (χ0v) is 10.3. The van der Waals surface area contributed by atoms with E-state index in [1.54, 1.807) is 6.07 Å². The molecule has 15 heavy (non-hydrogen) atoms. The van der Waals surface area contributed by atoms with Crippen LogP contribution in [0.5, 0.6) is 0 Å². The van der Waals surface area contributed by atoms with Crippen LogP contribution in [-0.2, 0) is 16.3 Å². The summed E-state index contributed by atoms with van der Waals surface area (Å²) in [5.41, 5.74) is 2.05. The highest BCUT2D eigenvalue weighted by Crippen LogP contribution is 2.29. The molecule has 0 bridgehead atoms. The van der Waals surface area contributed by atoms with E-state index in [9.17, 15) is 8.42 Å². The lowest BCUT2D eigenvalue weighted by molar-refractivity contribution is 0.586. The van der Waals surface area contributed by atoms with Gasteiger partial charge in [0.2, 0.25) is 0 Å². The van der Waals surface area contributed by atoms with Crippen LogP contribution in [0.2, 0.25) is 0 Å². The van der Waals surface area contributed by atoms with Crippen LogP contribution in [0.4, 0.5) is 0 Å². The molecule has 0 aliphatic carbocycles. The molecule has 0 N–H and O–H groups in total. The Balaban J connectivity index is 2.55. The van der Waals surface area contributed by atoms with E-state index < -0.39 is 9.84 Å². The molecule has 1 aliphatic rings. The van der Waals surface area contributed by atoms with Crippen LogP contribution in [0.3, 0.4) is 0 Å². The van der Waals surface area contributed by atoms with E-state index in [1.807, 2.05) is 19.1 Å². The van der Waals surface area contributed by atoms with Gasteiger partial charge in [0.1, 0.15) is 0 Å². The number of aryl methyl sites for hydroxylation is 1. The summed E-state index contributed by atoms with van der Waals surface area (Å²) >= 11 is 4.35. The molecule has 0 saturated carbocycles. The number of hydrogen-bond donors (Lipinski definition) is 1. The Morgan fingerprint density at radius 2 is 2.13 bits per heavy atom. The Morgan fingerprint density at radius 1 is 1.40 bits per heavy atom. The Hall–Kier alpha value is -0.480. The average molecular weight is 242 g/mol. The van der Waals surface area contributed by atoms with Crippen LogP contribution in [0.1, 0.15) is 29.7 Å². The van der Waals surface area contributed by atoms with Crippen molar-refractivity contribution in [2.24, 2.45) is 0 Å². The highest BCUT2D eigenvalue weighted by atomic mass is 32.2. The number of fused-ring (bicyclic) bond motifs is 1. The van der Waals surface area contributed by atoms with Crippen LogP contribution in [0.25, 0.3) is 0 Å². The number of thiol groups is 1. The molecule has 0 saturated heterocycles. The maximum atomic E-state index is 11.7. The molecule has 82 valence electrons. The van der Waals surface area contributed by atoms with Crippen molar-refractivity contribution in [2.75, 3.05) is 5.75 Å². The Morgan fingerprint density at radius 3 is 2.80 bits per heavy atom. The van der Waals surface area contributed by atoms with Gasteiger partial charge < -0.3 is 0 Å². The molecule has 0 radical (unpaired) electrons. The van der Waals surface area contributed by atoms with Gasteiger partial charge in [0.25, 0.3) is 0 Å². The summed E-state index contributed by atoms with van der Waals surface area (Å²) in [4.78, 5) is 0.520. The van der Waals surface area contributed by atoms with Gasteiger partial charge in [0, 0.05) is 5.25 Å². The fourth-order valence-corrected chi connectivity index (χ4v) is 3.66. The molecular weight excluding hydrogens is 228 g/mol. The summed E-state index contributed by atoms with van der Waals surface area (Å²) in [5.74, 6) is 0.287. The average Bonchev–Trinajstić information content (AvgIpc) is 2.16. The summed E-state index contributed by atoms with van der Waals surface area (Å²) in [7, 11) is -3.01. The number of hydrogen-bond acceptors (Lipinski definition) is 3. The predicted octanol–water partition coefficient (Wildman–Crippen LogP) is 2.40. The molecule has 1 unspecified atom stereocenters. The minimum Gasteiger partial charge on any atom is -0.224 e. The van der Waals surface area contributed by atoms with Crippen molar-refractivity contribution in [2.45, 2.75) is 29.9 Å². The molecule has 2 rings (SSSR count). The SMILES string of the molecule is CC(S)c1ccc2c(c1)CCCS2(=O)=O. The van der Waals surface area contributed by atoms with Crippen LogP contribution in [-0.4, -0.2) is 14.2 Å². The topological polar surface area (TPSA) is 34.1 Å². The first kappa shape index (κ1) is 11.0. The highest BCUT2D eigenvalue weighted by Gasteiger charge is 2.23. The Kier molecular flexibility index (Phi) is 2.81. The third kappa shape index (κ3) is 2.06. The zero-order chi connectivity index (χ0) is 11.1. The predicted molar refractivity (Wildman–Crippen MR) is 64.2 cm³/mol. The first-order chi connectivity index (χ1) is 7.00. The van der Waals surface area contributed by atoms with Crippen molar-refractivity contribution in [1.82, 2.24) is 0 Å². The van der Waals surface area contributed by atoms with E-state index in [-0.39, 0.29) is 11.0 Å². The molecule has 0 spiro atoms. The lowest BCUT2D eigenvalue weighted by Crippen LogP contribution is -2.16. The standard InChI is InChI=1S/C11H14O2S2/c1-8(14)9-4-5-11-10(7-9)3-2-6-15(11,12)13/h4-5,7-8,14H,2-3,6H2,1H3. The number of sulfone groups is 1. The summed E-state index contributed by atoms with van der Waals surface area (Å²) in [6, 6.07) is 5.56. The van der Waals surface area contributed by atoms with E-state index in [4.69, 9.17) is 0 Å². The van der Waals surface area contributed by atoms with E-state index in [0.29, 0.717) is 4.90 Å². The van der Waals surface area contributed by atoms with Gasteiger partial charge in [-0.25, -0.2) is 8.42 Å². The Bertz CT molecular complexity index is 475. The first-order valence-electron chi connectivity index (χ1n) is 5.04. The second-order valence-corrected chi connectivity index (χ2v) is 6.82. The van der Waals surface area contributed by atoms with Gasteiger partial charge in [0.15, 0.2) is 9.84 Å². The molecule has 0 fully saturated rings. The lowest BCUT2D eigenvalue weighted by atomic mass is 10.0. The van der Waals surface area contributed by atoms with Gasteiger partial charge in [-0.3, -0.25) is 0 Å². The molecule has 0 aromatic heterocycles. The molecule has 1 aliphatic heterocycles. The fourth-order valence-electron chi connectivity index (χ4n) is 1.92. The summed E-state index contributed by atoms with van der Waals surface area (Å²) in [6.07, 6.45) is 1.60. The quantitative estimate of drug-likeness (QED) is 0.767. The molecule has 0 amide bonds. The van der Waals surface area contributed by atoms with Crippen molar-refractivity contribution < 1.29 is 8.42 Å². The molecule has 1 atom stereocenters. The van der Waals surface area contributed by atoms with Crippen molar-refractivity contribution in [1.29, 1.82) is 0 Å². The summed E-state index contributed by atoms with van der Waals surface area (Å²) in [6.45, 7) is 1.99. The Labute approximate surface area is 96.0 Å². The van der Waals surface area contributed by atoms with Gasteiger partial charge in [0.05, 0.1) is 10.6 Å². The van der Waals surface area contributed by atoms with Crippen molar-refractivity contribution in [3.63, 3.8) is 0 Å². The van der Waals surface area contributed by atoms with Gasteiger partial charge in [-0.05, 0) is 37.0 Å². The van der Waals surface area contributed by atoms with Crippen LogP contribution in [0, 0.1) is 0 Å². The maximum absolute atomic E-state index is 11.7. The molecule has 2 nitrogen and oxygen atoms in total.